The first-order valence-electron chi connectivity index (χ1n) is 9.92. The maximum Gasteiger partial charge on any atom is 0.414 e. The molecular formula is C19H26F2N4O4S2. The molecule has 2 aliphatic rings. The number of halogens is 2. The number of carbonyl (C=O) groups is 1. The average Bonchev–Trinajstić information content (AvgIpc) is 3.05. The van der Waals surface area contributed by atoms with Crippen molar-refractivity contribution >= 4 is 44.7 Å². The Morgan fingerprint density at radius 2 is 1.81 bits per heavy atom. The number of ether oxygens (including phenoxy) is 1. The number of thiocarbonyl (C=S) groups is 1. The van der Waals surface area contributed by atoms with Gasteiger partial charge in [0, 0.05) is 44.2 Å². The van der Waals surface area contributed by atoms with Crippen molar-refractivity contribution < 1.29 is 26.7 Å². The topological polar surface area (TPSA) is 82.2 Å². The Balaban J connectivity index is 1.69. The Labute approximate surface area is 186 Å². The van der Waals surface area contributed by atoms with E-state index in [1.165, 1.54) is 14.1 Å². The summed E-state index contributed by atoms with van der Waals surface area (Å²) in [7, 11) is -3.35. The lowest BCUT2D eigenvalue weighted by Crippen LogP contribution is -2.48. The van der Waals surface area contributed by atoms with E-state index in [1.54, 1.807) is 0 Å². The van der Waals surface area contributed by atoms with E-state index in [1.807, 2.05) is 13.8 Å². The van der Waals surface area contributed by atoms with Crippen LogP contribution in [0.2, 0.25) is 0 Å². The van der Waals surface area contributed by atoms with Crippen molar-refractivity contribution in [2.75, 3.05) is 55.3 Å². The highest BCUT2D eigenvalue weighted by Crippen LogP contribution is 2.31. The van der Waals surface area contributed by atoms with Gasteiger partial charge in [0.15, 0.2) is 11.6 Å². The maximum atomic E-state index is 14.8. The molecule has 1 N–H and O–H groups in total. The van der Waals surface area contributed by atoms with E-state index >= 15 is 0 Å². The molecule has 1 aromatic carbocycles. The highest BCUT2D eigenvalue weighted by atomic mass is 32.2. The Bertz CT molecular complexity index is 943. The van der Waals surface area contributed by atoms with Crippen LogP contribution in [0.25, 0.3) is 0 Å². The fourth-order valence-corrected chi connectivity index (χ4v) is 4.42. The number of amides is 1. The maximum absolute atomic E-state index is 14.8. The number of nitrogens with one attached hydrogen (secondary N) is 1. The highest BCUT2D eigenvalue weighted by Gasteiger charge is 2.34. The average molecular weight is 477 g/mol. The van der Waals surface area contributed by atoms with Crippen LogP contribution in [0.1, 0.15) is 13.8 Å². The van der Waals surface area contributed by atoms with Gasteiger partial charge in [-0.15, -0.1) is 0 Å². The lowest BCUT2D eigenvalue weighted by molar-refractivity contribution is 0.143. The van der Waals surface area contributed by atoms with Crippen LogP contribution in [0.5, 0.6) is 0 Å². The molecule has 1 amide bonds. The molecule has 172 valence electrons. The van der Waals surface area contributed by atoms with Gasteiger partial charge in [0.25, 0.3) is 0 Å². The number of carbonyl (C=O) groups excluding carboxylic acids is 1. The van der Waals surface area contributed by atoms with Crippen molar-refractivity contribution in [1.29, 1.82) is 0 Å². The minimum atomic E-state index is -3.35. The molecule has 1 atom stereocenters. The van der Waals surface area contributed by atoms with Crippen LogP contribution in [0.3, 0.4) is 0 Å². The van der Waals surface area contributed by atoms with Crippen LogP contribution < -0.4 is 15.1 Å². The van der Waals surface area contributed by atoms with E-state index in [2.05, 4.69) is 5.32 Å². The molecule has 0 aliphatic carbocycles. The van der Waals surface area contributed by atoms with Crippen LogP contribution in [-0.4, -0.2) is 75.4 Å². The van der Waals surface area contributed by atoms with Gasteiger partial charge in [0.1, 0.15) is 11.8 Å². The molecule has 1 unspecified atom stereocenters. The van der Waals surface area contributed by atoms with Crippen molar-refractivity contribution in [2.45, 2.75) is 20.0 Å². The summed E-state index contributed by atoms with van der Waals surface area (Å²) in [6.07, 6.45) is -0.0814. The summed E-state index contributed by atoms with van der Waals surface area (Å²) in [4.78, 5) is 15.5. The summed E-state index contributed by atoms with van der Waals surface area (Å²) >= 11 is 5.20. The zero-order chi connectivity index (χ0) is 22.9. The van der Waals surface area contributed by atoms with Crippen LogP contribution >= 0.6 is 12.2 Å². The second-order valence-electron chi connectivity index (χ2n) is 7.92. The van der Waals surface area contributed by atoms with E-state index in [-0.39, 0.29) is 50.0 Å². The zero-order valence-electron chi connectivity index (χ0n) is 17.6. The number of anilines is 2. The molecule has 1 aromatic rings. The summed E-state index contributed by atoms with van der Waals surface area (Å²) in [5, 5.41) is 3.03. The lowest BCUT2D eigenvalue weighted by atomic mass is 10.2. The van der Waals surface area contributed by atoms with Gasteiger partial charge in [0.2, 0.25) is 10.0 Å². The van der Waals surface area contributed by atoms with E-state index in [0.29, 0.717) is 11.5 Å². The molecule has 0 radical (unpaired) electrons. The van der Waals surface area contributed by atoms with E-state index in [0.717, 1.165) is 18.4 Å². The smallest absolute Gasteiger partial charge is 0.414 e. The van der Waals surface area contributed by atoms with Crippen molar-refractivity contribution in [3.63, 3.8) is 0 Å². The van der Waals surface area contributed by atoms with Gasteiger partial charge in [-0.05, 0) is 0 Å². The summed E-state index contributed by atoms with van der Waals surface area (Å²) < 4.78 is 59.5. The molecule has 31 heavy (non-hydrogen) atoms. The number of piperazine rings is 1. The second kappa shape index (κ2) is 9.21. The van der Waals surface area contributed by atoms with Gasteiger partial charge >= 0.3 is 6.09 Å². The Hall–Kier alpha value is -2.05. The standard InChI is InChI=1S/C19H26F2N4O4S2/c1-12(2)18(30)22-10-14-11-25(19(26)29-14)13-8-15(20)17(16(21)9-13)23-4-6-24(7-5-23)31(3,27)28/h8-9,12,14H,4-7,10-11H2,1-3H3,(H,22,30). The van der Waals surface area contributed by atoms with Gasteiger partial charge < -0.3 is 15.0 Å². The molecule has 3 rings (SSSR count). The van der Waals surface area contributed by atoms with Crippen LogP contribution in [0, 0.1) is 17.6 Å². The predicted octanol–water partition coefficient (Wildman–Crippen LogP) is 1.94. The SMILES string of the molecule is CC(C)C(=S)NCC1CN(c2cc(F)c(N3CCN(S(C)(=O)=O)CC3)c(F)c2)C(=O)O1. The molecule has 0 aromatic heterocycles. The summed E-state index contributed by atoms with van der Waals surface area (Å²) in [6, 6.07) is 2.19. The van der Waals surface area contributed by atoms with Crippen molar-refractivity contribution in [2.24, 2.45) is 5.92 Å². The quantitative estimate of drug-likeness (QED) is 0.629. The van der Waals surface area contributed by atoms with Crippen LogP contribution in [0.4, 0.5) is 25.0 Å². The van der Waals surface area contributed by atoms with Crippen molar-refractivity contribution in [3.05, 3.63) is 23.8 Å². The number of benzene rings is 1. The van der Waals surface area contributed by atoms with Crippen molar-refractivity contribution in [1.82, 2.24) is 9.62 Å². The Morgan fingerprint density at radius 3 is 2.32 bits per heavy atom. The number of hydrogen-bond donors (Lipinski definition) is 1. The minimum Gasteiger partial charge on any atom is -0.442 e. The third kappa shape index (κ3) is 5.42. The molecular weight excluding hydrogens is 450 g/mol. The van der Waals surface area contributed by atoms with Gasteiger partial charge in [-0.1, -0.05) is 26.1 Å². The first-order chi connectivity index (χ1) is 14.5. The number of hydrogen-bond acceptors (Lipinski definition) is 6. The van der Waals surface area contributed by atoms with E-state index < -0.39 is 33.9 Å². The summed E-state index contributed by atoms with van der Waals surface area (Å²) in [6.45, 7) is 4.94. The highest BCUT2D eigenvalue weighted by molar-refractivity contribution is 7.88. The molecule has 0 saturated carbocycles. The zero-order valence-corrected chi connectivity index (χ0v) is 19.2. The molecule has 2 fully saturated rings. The third-order valence-electron chi connectivity index (χ3n) is 5.24. The Kier molecular flexibility index (Phi) is 7.01. The first kappa shape index (κ1) is 23.6. The predicted molar refractivity (Wildman–Crippen MR) is 118 cm³/mol. The normalized spacial score (nSPS) is 20.3. The van der Waals surface area contributed by atoms with E-state index in [4.69, 9.17) is 17.0 Å². The molecule has 2 heterocycles. The molecule has 2 aliphatic heterocycles. The molecule has 8 nitrogen and oxygen atoms in total. The van der Waals surface area contributed by atoms with Gasteiger partial charge in [0.05, 0.1) is 30.0 Å². The van der Waals surface area contributed by atoms with Gasteiger partial charge in [-0.3, -0.25) is 4.90 Å². The second-order valence-corrected chi connectivity index (χ2v) is 10.3. The van der Waals surface area contributed by atoms with Gasteiger partial charge in [-0.2, -0.15) is 4.31 Å². The third-order valence-corrected chi connectivity index (χ3v) is 7.16. The lowest BCUT2D eigenvalue weighted by Gasteiger charge is -2.35. The largest absolute Gasteiger partial charge is 0.442 e. The van der Waals surface area contributed by atoms with Crippen LogP contribution in [0.15, 0.2) is 12.1 Å². The molecule has 12 heteroatoms. The van der Waals surface area contributed by atoms with E-state index in [9.17, 15) is 22.0 Å². The summed E-state index contributed by atoms with van der Waals surface area (Å²) in [5.74, 6) is -1.49. The number of sulfonamides is 1. The number of nitrogens with zero attached hydrogens (tertiary/aromatic N) is 3. The number of cyclic esters (lactones) is 1. The first-order valence-corrected chi connectivity index (χ1v) is 12.2. The Morgan fingerprint density at radius 1 is 1.23 bits per heavy atom. The summed E-state index contributed by atoms with van der Waals surface area (Å²) in [5.41, 5.74) is -0.169. The fourth-order valence-electron chi connectivity index (χ4n) is 3.51. The number of rotatable bonds is 6. The minimum absolute atomic E-state index is 0.0625. The monoisotopic (exact) mass is 476 g/mol. The van der Waals surface area contributed by atoms with Gasteiger partial charge in [-0.25, -0.2) is 22.0 Å². The fraction of sp³-hybridized carbons (Fsp3) is 0.579. The molecule has 2 saturated heterocycles. The van der Waals surface area contributed by atoms with Crippen LogP contribution in [-0.2, 0) is 14.8 Å². The molecule has 0 bridgehead atoms. The van der Waals surface area contributed by atoms with Crippen molar-refractivity contribution in [3.8, 4) is 0 Å². The molecule has 0 spiro atoms.